The maximum atomic E-state index is 5.75. The molecule has 2 rings (SSSR count). The number of aliphatic imine (C=N–C) groups is 1. The van der Waals surface area contributed by atoms with E-state index < -0.39 is 0 Å². The van der Waals surface area contributed by atoms with Gasteiger partial charge in [0.05, 0.1) is 25.9 Å². The van der Waals surface area contributed by atoms with Crippen LogP contribution < -0.4 is 20.1 Å². The smallest absolute Gasteiger partial charge is 0.191 e. The molecule has 0 aliphatic carbocycles. The predicted molar refractivity (Wildman–Crippen MR) is 122 cm³/mol. The molecule has 0 saturated heterocycles. The molecule has 0 fully saturated rings. The molecule has 0 radical (unpaired) electrons. The first kappa shape index (κ1) is 23.5. The highest BCUT2D eigenvalue weighted by Crippen LogP contribution is 2.30. The van der Waals surface area contributed by atoms with Crippen LogP contribution in [0, 0.1) is 0 Å². The fraction of sp³-hybridized carbons (Fsp3) is 0.458. The first-order valence-corrected chi connectivity index (χ1v) is 10.6. The van der Waals surface area contributed by atoms with Gasteiger partial charge in [0.15, 0.2) is 17.5 Å². The van der Waals surface area contributed by atoms with Gasteiger partial charge in [-0.3, -0.25) is 4.99 Å². The summed E-state index contributed by atoms with van der Waals surface area (Å²) in [6.45, 7) is 11.2. The third-order valence-electron chi connectivity index (χ3n) is 4.67. The van der Waals surface area contributed by atoms with Gasteiger partial charge >= 0.3 is 0 Å². The van der Waals surface area contributed by atoms with Crippen molar-refractivity contribution in [1.29, 1.82) is 0 Å². The van der Waals surface area contributed by atoms with Gasteiger partial charge in [0.1, 0.15) is 0 Å². The molecule has 1 atom stereocenters. The molecule has 2 aromatic rings. The van der Waals surface area contributed by atoms with Gasteiger partial charge in [0, 0.05) is 20.2 Å². The van der Waals surface area contributed by atoms with Crippen LogP contribution in [-0.2, 0) is 17.9 Å². The van der Waals surface area contributed by atoms with E-state index in [0.29, 0.717) is 33.0 Å². The Bertz CT molecular complexity index is 808. The Morgan fingerprint density at radius 3 is 2.30 bits per heavy atom. The number of nitrogens with zero attached hydrogens (tertiary/aromatic N) is 1. The second kappa shape index (κ2) is 12.8. The lowest BCUT2D eigenvalue weighted by atomic mass is 10.1. The lowest BCUT2D eigenvalue weighted by molar-refractivity contribution is 0.133. The number of hydrogen-bond donors (Lipinski definition) is 2. The van der Waals surface area contributed by atoms with Crippen LogP contribution in [0.15, 0.2) is 47.5 Å². The van der Waals surface area contributed by atoms with Gasteiger partial charge < -0.3 is 24.8 Å². The van der Waals surface area contributed by atoms with Crippen LogP contribution in [0.2, 0.25) is 0 Å². The minimum atomic E-state index is 0.0461. The zero-order chi connectivity index (χ0) is 21.8. The summed E-state index contributed by atoms with van der Waals surface area (Å²) in [5, 5.41) is 6.85. The zero-order valence-electron chi connectivity index (χ0n) is 18.8. The van der Waals surface area contributed by atoms with E-state index >= 15 is 0 Å². The molecule has 0 amide bonds. The average Bonchev–Trinajstić information content (AvgIpc) is 2.77. The van der Waals surface area contributed by atoms with Crippen molar-refractivity contribution in [2.45, 2.75) is 46.9 Å². The summed E-state index contributed by atoms with van der Waals surface area (Å²) in [5.41, 5.74) is 3.48. The van der Waals surface area contributed by atoms with Crippen molar-refractivity contribution in [1.82, 2.24) is 10.6 Å². The zero-order valence-corrected chi connectivity index (χ0v) is 18.8. The molecule has 1 unspecified atom stereocenters. The number of ether oxygens (including phenoxy) is 3. The fourth-order valence-corrected chi connectivity index (χ4v) is 3.08. The topological polar surface area (TPSA) is 64.1 Å². The maximum absolute atomic E-state index is 5.75. The van der Waals surface area contributed by atoms with E-state index in [4.69, 9.17) is 14.2 Å². The van der Waals surface area contributed by atoms with E-state index in [1.165, 1.54) is 11.1 Å². The summed E-state index contributed by atoms with van der Waals surface area (Å²) in [7, 11) is 1.78. The van der Waals surface area contributed by atoms with Crippen LogP contribution in [-0.4, -0.2) is 32.8 Å². The van der Waals surface area contributed by atoms with Gasteiger partial charge in [0.2, 0.25) is 0 Å². The van der Waals surface area contributed by atoms with E-state index in [1.54, 1.807) is 7.05 Å². The van der Waals surface area contributed by atoms with Crippen LogP contribution in [0.5, 0.6) is 11.5 Å². The Hall–Kier alpha value is -2.73. The van der Waals surface area contributed by atoms with Crippen LogP contribution in [0.3, 0.4) is 0 Å². The molecule has 0 aliphatic heterocycles. The van der Waals surface area contributed by atoms with Crippen LogP contribution in [0.4, 0.5) is 0 Å². The van der Waals surface area contributed by atoms with Gasteiger partial charge in [-0.1, -0.05) is 30.3 Å². The van der Waals surface area contributed by atoms with Crippen molar-refractivity contribution in [2.24, 2.45) is 4.99 Å². The van der Waals surface area contributed by atoms with Gasteiger partial charge in [-0.05, 0) is 56.5 Å². The van der Waals surface area contributed by atoms with Gasteiger partial charge in [-0.15, -0.1) is 0 Å². The van der Waals surface area contributed by atoms with Crippen molar-refractivity contribution in [3.05, 3.63) is 59.2 Å². The van der Waals surface area contributed by atoms with Crippen LogP contribution in [0.25, 0.3) is 0 Å². The molecule has 6 heteroatoms. The largest absolute Gasteiger partial charge is 0.490 e. The van der Waals surface area contributed by atoms with Crippen molar-refractivity contribution in [2.75, 3.05) is 26.9 Å². The number of hydrogen-bond acceptors (Lipinski definition) is 4. The summed E-state index contributed by atoms with van der Waals surface area (Å²) in [4.78, 5) is 4.37. The number of nitrogens with one attached hydrogen (secondary N) is 2. The summed E-state index contributed by atoms with van der Waals surface area (Å²) >= 11 is 0. The molecule has 2 N–H and O–H groups in total. The van der Waals surface area contributed by atoms with E-state index in [0.717, 1.165) is 23.0 Å². The Morgan fingerprint density at radius 2 is 1.63 bits per heavy atom. The van der Waals surface area contributed by atoms with Crippen molar-refractivity contribution < 1.29 is 14.2 Å². The van der Waals surface area contributed by atoms with E-state index in [9.17, 15) is 0 Å². The van der Waals surface area contributed by atoms with E-state index in [2.05, 4.69) is 40.7 Å². The van der Waals surface area contributed by atoms with Gasteiger partial charge in [-0.25, -0.2) is 0 Å². The highest BCUT2D eigenvalue weighted by Gasteiger charge is 2.13. The highest BCUT2D eigenvalue weighted by atomic mass is 16.5. The molecule has 0 aromatic heterocycles. The van der Waals surface area contributed by atoms with Crippen molar-refractivity contribution >= 4 is 5.96 Å². The molecular weight excluding hydrogens is 378 g/mol. The molecule has 0 spiro atoms. The molecule has 6 nitrogen and oxygen atoms in total. The summed E-state index contributed by atoms with van der Waals surface area (Å²) in [6.07, 6.45) is 0. The Kier molecular flexibility index (Phi) is 10.0. The van der Waals surface area contributed by atoms with Crippen LogP contribution >= 0.6 is 0 Å². The lowest BCUT2D eigenvalue weighted by Crippen LogP contribution is -2.38. The molecule has 0 bridgehead atoms. The Balaban J connectivity index is 2.03. The van der Waals surface area contributed by atoms with Crippen molar-refractivity contribution in [3.8, 4) is 11.5 Å². The van der Waals surface area contributed by atoms with Gasteiger partial charge in [0.25, 0.3) is 0 Å². The molecule has 164 valence electrons. The number of rotatable bonds is 11. The third kappa shape index (κ3) is 6.95. The van der Waals surface area contributed by atoms with E-state index in [-0.39, 0.29) is 6.04 Å². The SMILES string of the molecule is CCOCc1ccccc1CNC(=NC)NC(C)c1ccc(OCC)c(OCC)c1. The molecule has 0 heterocycles. The monoisotopic (exact) mass is 413 g/mol. The standard InChI is InChI=1S/C24H35N3O3/c1-6-28-17-21-12-10-9-11-20(21)16-26-24(25-5)27-18(4)19-13-14-22(29-7-2)23(15-19)30-8-3/h9-15,18H,6-8,16-17H2,1-5H3,(H2,25,26,27). The summed E-state index contributed by atoms with van der Waals surface area (Å²) < 4.78 is 17.0. The molecule has 0 saturated carbocycles. The fourth-order valence-electron chi connectivity index (χ4n) is 3.08. The maximum Gasteiger partial charge on any atom is 0.191 e. The Labute approximate surface area is 180 Å². The molecular formula is C24H35N3O3. The normalized spacial score (nSPS) is 12.4. The average molecular weight is 414 g/mol. The van der Waals surface area contributed by atoms with Crippen molar-refractivity contribution in [3.63, 3.8) is 0 Å². The quantitative estimate of drug-likeness (QED) is 0.421. The molecule has 0 aliphatic rings. The first-order chi connectivity index (χ1) is 14.6. The summed E-state index contributed by atoms with van der Waals surface area (Å²) in [5.74, 6) is 2.27. The minimum absolute atomic E-state index is 0.0461. The summed E-state index contributed by atoms with van der Waals surface area (Å²) in [6, 6.07) is 14.4. The second-order valence-corrected chi connectivity index (χ2v) is 6.77. The minimum Gasteiger partial charge on any atom is -0.490 e. The highest BCUT2D eigenvalue weighted by molar-refractivity contribution is 5.80. The molecule has 2 aromatic carbocycles. The number of benzene rings is 2. The first-order valence-electron chi connectivity index (χ1n) is 10.6. The van der Waals surface area contributed by atoms with E-state index in [1.807, 2.05) is 45.0 Å². The Morgan fingerprint density at radius 1 is 0.933 bits per heavy atom. The second-order valence-electron chi connectivity index (χ2n) is 6.77. The third-order valence-corrected chi connectivity index (χ3v) is 4.67. The molecule has 30 heavy (non-hydrogen) atoms. The van der Waals surface area contributed by atoms with Gasteiger partial charge in [-0.2, -0.15) is 0 Å². The predicted octanol–water partition coefficient (Wildman–Crippen LogP) is 4.45. The number of guanidine groups is 1. The van der Waals surface area contributed by atoms with Crippen LogP contribution in [0.1, 0.15) is 50.4 Å². The lowest BCUT2D eigenvalue weighted by Gasteiger charge is -2.20.